The van der Waals surface area contributed by atoms with Gasteiger partial charge in [0, 0.05) is 23.8 Å². The largest absolute Gasteiger partial charge is 0.490 e. The first kappa shape index (κ1) is 13.7. The van der Waals surface area contributed by atoms with E-state index in [4.69, 9.17) is 21.1 Å². The number of benzene rings is 1. The van der Waals surface area contributed by atoms with Crippen molar-refractivity contribution in [3.8, 4) is 11.5 Å². The van der Waals surface area contributed by atoms with Crippen molar-refractivity contribution in [3.05, 3.63) is 29.8 Å². The molecule has 0 atom stereocenters. The molecule has 1 N–H and O–H groups in total. The average Bonchev–Trinajstić information content (AvgIpc) is 2.33. The zero-order valence-corrected chi connectivity index (χ0v) is 11.0. The van der Waals surface area contributed by atoms with Gasteiger partial charge in [0.1, 0.15) is 0 Å². The highest BCUT2D eigenvalue weighted by Gasteiger charge is 2.05. The van der Waals surface area contributed by atoms with Gasteiger partial charge in [-0.3, -0.25) is 0 Å². The van der Waals surface area contributed by atoms with Crippen molar-refractivity contribution < 1.29 is 9.47 Å². The highest BCUT2D eigenvalue weighted by molar-refractivity contribution is 6.25. The molecule has 0 aromatic heterocycles. The van der Waals surface area contributed by atoms with E-state index < -0.39 is 0 Å². The molecule has 17 heavy (non-hydrogen) atoms. The fourth-order valence-electron chi connectivity index (χ4n) is 1.38. The maximum absolute atomic E-state index is 5.53. The molecule has 0 bridgehead atoms. The normalized spacial score (nSPS) is 10.5. The molecule has 0 spiro atoms. The van der Waals surface area contributed by atoms with Gasteiger partial charge in [-0.05, 0) is 26.0 Å². The van der Waals surface area contributed by atoms with E-state index in [1.54, 1.807) is 0 Å². The van der Waals surface area contributed by atoms with Gasteiger partial charge in [0.15, 0.2) is 11.5 Å². The van der Waals surface area contributed by atoms with Crippen molar-refractivity contribution in [3.63, 3.8) is 0 Å². The number of halogens is 1. The molecule has 0 aliphatic heterocycles. The second kappa shape index (κ2) is 7.85. The lowest BCUT2D eigenvalue weighted by atomic mass is 10.2. The van der Waals surface area contributed by atoms with Crippen LogP contribution in [0, 0.1) is 0 Å². The molecule has 3 nitrogen and oxygen atoms in total. The van der Waals surface area contributed by atoms with Crippen molar-refractivity contribution in [2.24, 2.45) is 0 Å². The van der Waals surface area contributed by atoms with E-state index in [9.17, 15) is 0 Å². The van der Waals surface area contributed by atoms with Gasteiger partial charge in [0.2, 0.25) is 0 Å². The van der Waals surface area contributed by atoms with Crippen LogP contribution in [0.3, 0.4) is 0 Å². The van der Waals surface area contributed by atoms with Crippen molar-refractivity contribution in [1.29, 1.82) is 0 Å². The predicted octanol–water partition coefficient (Wildman–Crippen LogP) is 3.65. The quantitative estimate of drug-likeness (QED) is 0.807. The molecule has 0 aliphatic carbocycles. The summed E-state index contributed by atoms with van der Waals surface area (Å²) in [6, 6.07) is 5.79. The Morgan fingerprint density at radius 1 is 1.18 bits per heavy atom. The van der Waals surface area contributed by atoms with E-state index in [0.29, 0.717) is 19.8 Å². The Kier molecular flexibility index (Phi) is 6.33. The Balaban J connectivity index is 2.77. The molecule has 0 heterocycles. The summed E-state index contributed by atoms with van der Waals surface area (Å²) in [6.45, 7) is 5.83. The fraction of sp³-hybridized carbons (Fsp3) is 0.385. The Labute approximate surface area is 107 Å². The molecule has 0 aliphatic rings. The summed E-state index contributed by atoms with van der Waals surface area (Å²) in [5, 5.41) is 3.21. The Hall–Kier alpha value is -1.35. The van der Waals surface area contributed by atoms with Crippen molar-refractivity contribution in [1.82, 2.24) is 0 Å². The summed E-state index contributed by atoms with van der Waals surface area (Å²) in [6.07, 6.45) is 1.83. The van der Waals surface area contributed by atoms with Crippen LogP contribution in [0.25, 0.3) is 0 Å². The number of hydrogen-bond donors (Lipinski definition) is 1. The topological polar surface area (TPSA) is 30.5 Å². The molecule has 1 aromatic rings. The maximum atomic E-state index is 5.53. The summed E-state index contributed by atoms with van der Waals surface area (Å²) in [5.74, 6) is 1.53. The fourth-order valence-corrected chi connectivity index (χ4v) is 1.47. The van der Waals surface area contributed by atoms with Crippen LogP contribution in [0.1, 0.15) is 13.8 Å². The average molecular weight is 256 g/mol. The van der Waals surface area contributed by atoms with Crippen LogP contribution in [-0.2, 0) is 0 Å². The molecule has 4 heteroatoms. The molecule has 0 saturated carbocycles. The monoisotopic (exact) mass is 255 g/mol. The Morgan fingerprint density at radius 2 is 1.88 bits per heavy atom. The zero-order chi connectivity index (χ0) is 12.5. The standard InChI is InChI=1S/C13H18ClNO2/c1-3-16-12-7-6-11(15-9-5-8-14)10-13(12)17-4-2/h5-8,10,15H,3-4,9H2,1-2H3/b8-5+. The molecule has 0 saturated heterocycles. The summed E-state index contributed by atoms with van der Waals surface area (Å²) >= 11 is 5.45. The smallest absolute Gasteiger partial charge is 0.163 e. The Morgan fingerprint density at radius 3 is 2.53 bits per heavy atom. The van der Waals surface area contributed by atoms with Crippen LogP contribution in [0.2, 0.25) is 0 Å². The van der Waals surface area contributed by atoms with Gasteiger partial charge in [0.25, 0.3) is 0 Å². The lowest BCUT2D eigenvalue weighted by Gasteiger charge is -2.12. The van der Waals surface area contributed by atoms with Gasteiger partial charge < -0.3 is 14.8 Å². The summed E-state index contributed by atoms with van der Waals surface area (Å²) in [7, 11) is 0. The molecule has 1 rings (SSSR count). The lowest BCUT2D eigenvalue weighted by Crippen LogP contribution is -2.01. The molecular formula is C13H18ClNO2. The van der Waals surface area contributed by atoms with Crippen LogP contribution in [0.4, 0.5) is 5.69 Å². The van der Waals surface area contributed by atoms with Crippen LogP contribution in [0.15, 0.2) is 29.8 Å². The van der Waals surface area contributed by atoms with Crippen LogP contribution < -0.4 is 14.8 Å². The van der Waals surface area contributed by atoms with Crippen LogP contribution in [-0.4, -0.2) is 19.8 Å². The van der Waals surface area contributed by atoms with E-state index in [1.165, 1.54) is 5.54 Å². The lowest BCUT2D eigenvalue weighted by molar-refractivity contribution is 0.288. The number of anilines is 1. The second-order valence-corrected chi connectivity index (χ2v) is 3.52. The van der Waals surface area contributed by atoms with Crippen LogP contribution >= 0.6 is 11.6 Å². The highest BCUT2D eigenvalue weighted by atomic mass is 35.5. The SMILES string of the molecule is CCOc1ccc(NC/C=C/Cl)cc1OCC. The maximum Gasteiger partial charge on any atom is 0.163 e. The van der Waals surface area contributed by atoms with Gasteiger partial charge in [-0.1, -0.05) is 17.7 Å². The zero-order valence-electron chi connectivity index (χ0n) is 10.2. The van der Waals surface area contributed by atoms with Gasteiger partial charge >= 0.3 is 0 Å². The van der Waals surface area contributed by atoms with Crippen molar-refractivity contribution >= 4 is 17.3 Å². The minimum absolute atomic E-state index is 0.616. The van der Waals surface area contributed by atoms with Crippen LogP contribution in [0.5, 0.6) is 11.5 Å². The third-order valence-corrected chi connectivity index (χ3v) is 2.23. The van der Waals surface area contributed by atoms with E-state index >= 15 is 0 Å². The molecule has 0 fully saturated rings. The van der Waals surface area contributed by atoms with Gasteiger partial charge in [-0.15, -0.1) is 0 Å². The summed E-state index contributed by atoms with van der Waals surface area (Å²) in [5.41, 5.74) is 2.47. The van der Waals surface area contributed by atoms with E-state index in [1.807, 2.05) is 38.1 Å². The first-order chi connectivity index (χ1) is 8.31. The molecule has 0 radical (unpaired) electrons. The molecule has 94 valence electrons. The molecular weight excluding hydrogens is 238 g/mol. The van der Waals surface area contributed by atoms with E-state index in [-0.39, 0.29) is 0 Å². The van der Waals surface area contributed by atoms with Gasteiger partial charge in [-0.2, -0.15) is 0 Å². The third kappa shape index (κ3) is 4.57. The molecule has 0 unspecified atom stereocenters. The predicted molar refractivity (Wildman–Crippen MR) is 72.3 cm³/mol. The number of hydrogen-bond acceptors (Lipinski definition) is 3. The first-order valence-electron chi connectivity index (χ1n) is 5.70. The van der Waals surface area contributed by atoms with Gasteiger partial charge in [0.05, 0.1) is 13.2 Å². The van der Waals surface area contributed by atoms with Crippen molar-refractivity contribution in [2.75, 3.05) is 25.1 Å². The van der Waals surface area contributed by atoms with Crippen molar-refractivity contribution in [2.45, 2.75) is 13.8 Å². The number of rotatable bonds is 7. The van der Waals surface area contributed by atoms with Gasteiger partial charge in [-0.25, -0.2) is 0 Å². The minimum atomic E-state index is 0.616. The Bertz CT molecular complexity index is 366. The molecule has 1 aromatic carbocycles. The number of ether oxygens (including phenoxy) is 2. The minimum Gasteiger partial charge on any atom is -0.490 e. The molecule has 0 amide bonds. The summed E-state index contributed by atoms with van der Waals surface area (Å²) < 4.78 is 11.0. The first-order valence-corrected chi connectivity index (χ1v) is 6.14. The highest BCUT2D eigenvalue weighted by Crippen LogP contribution is 2.30. The third-order valence-electron chi connectivity index (χ3n) is 2.06. The second-order valence-electron chi connectivity index (χ2n) is 3.27. The van der Waals surface area contributed by atoms with E-state index in [0.717, 1.165) is 17.2 Å². The summed E-state index contributed by atoms with van der Waals surface area (Å²) in [4.78, 5) is 0. The number of nitrogens with one attached hydrogen (secondary N) is 1. The van der Waals surface area contributed by atoms with E-state index in [2.05, 4.69) is 5.32 Å².